The number of nitrogens with one attached hydrogen (secondary N) is 2. The molecular weight excluding hydrogens is 380 g/mol. The third-order valence-corrected chi connectivity index (χ3v) is 5.72. The van der Waals surface area contributed by atoms with Gasteiger partial charge < -0.3 is 14.8 Å². The third kappa shape index (κ3) is 3.36. The SMILES string of the molecule is COc1ccc(-c2cccc3c2ccc2n[nH]c(=O)n23)cc1CNCC1CCCO1. The third-order valence-electron chi connectivity index (χ3n) is 5.72. The summed E-state index contributed by atoms with van der Waals surface area (Å²) in [5, 5.41) is 11.1. The van der Waals surface area contributed by atoms with Crippen molar-refractivity contribution in [1.29, 1.82) is 0 Å². The molecule has 3 heterocycles. The second kappa shape index (κ2) is 7.93. The molecule has 4 aromatic rings. The van der Waals surface area contributed by atoms with E-state index in [1.165, 1.54) is 0 Å². The Labute approximate surface area is 173 Å². The van der Waals surface area contributed by atoms with E-state index >= 15 is 0 Å². The number of ether oxygens (including phenoxy) is 2. The molecule has 1 aliphatic rings. The molecule has 1 unspecified atom stereocenters. The van der Waals surface area contributed by atoms with Crippen molar-refractivity contribution in [3.8, 4) is 16.9 Å². The van der Waals surface area contributed by atoms with Crippen LogP contribution in [0.15, 0.2) is 53.3 Å². The first-order valence-electron chi connectivity index (χ1n) is 10.2. The summed E-state index contributed by atoms with van der Waals surface area (Å²) in [5.74, 6) is 0.854. The van der Waals surface area contributed by atoms with E-state index < -0.39 is 0 Å². The standard InChI is InChI=1S/C23H24N4O3/c1-29-21-9-7-15(12-16(21)13-24-14-17-4-3-11-30-17)18-5-2-6-20-19(18)8-10-22-25-26-23(28)27(20)22/h2,5-10,12,17,24H,3-4,11,13-14H2,1H3,(H,26,28). The molecule has 0 bridgehead atoms. The number of aromatic amines is 1. The van der Waals surface area contributed by atoms with E-state index in [0.717, 1.165) is 59.3 Å². The van der Waals surface area contributed by atoms with Gasteiger partial charge in [0, 0.05) is 30.6 Å². The normalized spacial score (nSPS) is 16.5. The minimum atomic E-state index is -0.235. The van der Waals surface area contributed by atoms with Crippen molar-refractivity contribution in [3.63, 3.8) is 0 Å². The Kier molecular flexibility index (Phi) is 4.98. The summed E-state index contributed by atoms with van der Waals surface area (Å²) in [6.45, 7) is 2.40. The second-order valence-electron chi connectivity index (χ2n) is 7.59. The second-order valence-corrected chi connectivity index (χ2v) is 7.59. The molecule has 2 N–H and O–H groups in total. The van der Waals surface area contributed by atoms with Crippen LogP contribution in [0, 0.1) is 0 Å². The molecular formula is C23H24N4O3. The Morgan fingerprint density at radius 1 is 1.27 bits per heavy atom. The first-order chi connectivity index (χ1) is 14.7. The van der Waals surface area contributed by atoms with E-state index in [1.807, 2.05) is 30.3 Å². The van der Waals surface area contributed by atoms with Crippen molar-refractivity contribution in [2.75, 3.05) is 20.3 Å². The summed E-state index contributed by atoms with van der Waals surface area (Å²) in [4.78, 5) is 12.2. The van der Waals surface area contributed by atoms with Gasteiger partial charge >= 0.3 is 5.69 Å². The van der Waals surface area contributed by atoms with Crippen LogP contribution in [-0.4, -0.2) is 41.0 Å². The fraction of sp³-hybridized carbons (Fsp3) is 0.304. The number of fused-ring (bicyclic) bond motifs is 3. The lowest BCUT2D eigenvalue weighted by molar-refractivity contribution is 0.110. The zero-order valence-corrected chi connectivity index (χ0v) is 16.9. The number of methoxy groups -OCH3 is 1. The van der Waals surface area contributed by atoms with Crippen molar-refractivity contribution in [2.24, 2.45) is 0 Å². The number of aromatic nitrogens is 3. The first-order valence-corrected chi connectivity index (χ1v) is 10.2. The van der Waals surface area contributed by atoms with Crippen LogP contribution in [0.4, 0.5) is 0 Å². The molecule has 5 rings (SSSR count). The van der Waals surface area contributed by atoms with Crippen LogP contribution in [0.25, 0.3) is 27.7 Å². The highest BCUT2D eigenvalue weighted by atomic mass is 16.5. The summed E-state index contributed by atoms with van der Waals surface area (Å²) in [7, 11) is 1.69. The van der Waals surface area contributed by atoms with E-state index in [9.17, 15) is 4.79 Å². The van der Waals surface area contributed by atoms with E-state index in [-0.39, 0.29) is 5.69 Å². The zero-order valence-electron chi connectivity index (χ0n) is 16.9. The Morgan fingerprint density at radius 2 is 2.20 bits per heavy atom. The molecule has 0 spiro atoms. The summed E-state index contributed by atoms with van der Waals surface area (Å²) in [6.07, 6.45) is 2.55. The zero-order chi connectivity index (χ0) is 20.5. The van der Waals surface area contributed by atoms with Gasteiger partial charge in [-0.15, -0.1) is 0 Å². The van der Waals surface area contributed by atoms with E-state index in [4.69, 9.17) is 9.47 Å². The van der Waals surface area contributed by atoms with Crippen molar-refractivity contribution in [2.45, 2.75) is 25.5 Å². The molecule has 2 aromatic heterocycles. The fourth-order valence-corrected chi connectivity index (χ4v) is 4.24. The van der Waals surface area contributed by atoms with Gasteiger partial charge in [-0.2, -0.15) is 5.10 Å². The van der Waals surface area contributed by atoms with Crippen LogP contribution >= 0.6 is 0 Å². The van der Waals surface area contributed by atoms with E-state index in [2.05, 4.69) is 33.7 Å². The number of rotatable bonds is 6. The number of H-pyrrole nitrogens is 1. The van der Waals surface area contributed by atoms with E-state index in [1.54, 1.807) is 11.5 Å². The summed E-state index contributed by atoms with van der Waals surface area (Å²) >= 11 is 0. The Balaban J connectivity index is 1.52. The Hall–Kier alpha value is -3.16. The van der Waals surface area contributed by atoms with Gasteiger partial charge in [-0.1, -0.05) is 18.2 Å². The molecule has 1 atom stereocenters. The van der Waals surface area contributed by atoms with Crippen molar-refractivity contribution in [1.82, 2.24) is 19.9 Å². The minimum Gasteiger partial charge on any atom is -0.496 e. The van der Waals surface area contributed by atoms with Gasteiger partial charge in [0.2, 0.25) is 0 Å². The highest BCUT2D eigenvalue weighted by Crippen LogP contribution is 2.32. The minimum absolute atomic E-state index is 0.235. The molecule has 1 saturated heterocycles. The maximum Gasteiger partial charge on any atom is 0.348 e. The topological polar surface area (TPSA) is 80.7 Å². The quantitative estimate of drug-likeness (QED) is 0.516. The van der Waals surface area contributed by atoms with Gasteiger partial charge in [-0.25, -0.2) is 14.3 Å². The summed E-state index contributed by atoms with van der Waals surface area (Å²) in [5.41, 5.74) is 4.43. The van der Waals surface area contributed by atoms with Crippen LogP contribution in [0.2, 0.25) is 0 Å². The number of pyridine rings is 1. The molecule has 0 radical (unpaired) electrons. The monoisotopic (exact) mass is 404 g/mol. The smallest absolute Gasteiger partial charge is 0.348 e. The van der Waals surface area contributed by atoms with Crippen LogP contribution in [0.5, 0.6) is 5.75 Å². The fourth-order valence-electron chi connectivity index (χ4n) is 4.24. The van der Waals surface area contributed by atoms with Gasteiger partial charge in [-0.05, 0) is 54.3 Å². The predicted molar refractivity (Wildman–Crippen MR) is 116 cm³/mol. The number of benzene rings is 2. The molecule has 0 aliphatic carbocycles. The lowest BCUT2D eigenvalue weighted by atomic mass is 9.98. The molecule has 30 heavy (non-hydrogen) atoms. The van der Waals surface area contributed by atoms with Gasteiger partial charge in [0.1, 0.15) is 5.75 Å². The van der Waals surface area contributed by atoms with Crippen LogP contribution in [0.3, 0.4) is 0 Å². The van der Waals surface area contributed by atoms with Gasteiger partial charge in [-0.3, -0.25) is 0 Å². The number of hydrogen-bond donors (Lipinski definition) is 2. The van der Waals surface area contributed by atoms with Crippen molar-refractivity contribution >= 4 is 16.6 Å². The molecule has 0 amide bonds. The van der Waals surface area contributed by atoms with Crippen LogP contribution < -0.4 is 15.7 Å². The maximum atomic E-state index is 12.2. The van der Waals surface area contributed by atoms with Gasteiger partial charge in [0.25, 0.3) is 0 Å². The van der Waals surface area contributed by atoms with Crippen LogP contribution in [-0.2, 0) is 11.3 Å². The average Bonchev–Trinajstić information content (AvgIpc) is 3.43. The lowest BCUT2D eigenvalue weighted by Crippen LogP contribution is -2.25. The molecule has 0 saturated carbocycles. The largest absolute Gasteiger partial charge is 0.496 e. The number of nitrogens with zero attached hydrogens (tertiary/aromatic N) is 2. The molecule has 1 aliphatic heterocycles. The van der Waals surface area contributed by atoms with E-state index in [0.29, 0.717) is 18.3 Å². The Bertz CT molecular complexity index is 1250. The molecule has 7 heteroatoms. The Morgan fingerprint density at radius 3 is 3.03 bits per heavy atom. The lowest BCUT2D eigenvalue weighted by Gasteiger charge is -2.15. The average molecular weight is 404 g/mol. The van der Waals surface area contributed by atoms with Crippen molar-refractivity contribution < 1.29 is 9.47 Å². The van der Waals surface area contributed by atoms with Gasteiger partial charge in [0.15, 0.2) is 5.65 Å². The van der Waals surface area contributed by atoms with Crippen LogP contribution in [0.1, 0.15) is 18.4 Å². The number of hydrogen-bond acceptors (Lipinski definition) is 5. The molecule has 1 fully saturated rings. The summed E-state index contributed by atoms with van der Waals surface area (Å²) < 4.78 is 12.9. The maximum absolute atomic E-state index is 12.2. The van der Waals surface area contributed by atoms with Crippen molar-refractivity contribution in [3.05, 3.63) is 64.6 Å². The molecule has 7 nitrogen and oxygen atoms in total. The molecule has 2 aromatic carbocycles. The highest BCUT2D eigenvalue weighted by molar-refractivity contribution is 5.96. The highest BCUT2D eigenvalue weighted by Gasteiger charge is 2.16. The van der Waals surface area contributed by atoms with Gasteiger partial charge in [0.05, 0.1) is 18.7 Å². The first kappa shape index (κ1) is 18.8. The predicted octanol–water partition coefficient (Wildman–Crippen LogP) is 3.12. The summed E-state index contributed by atoms with van der Waals surface area (Å²) in [6, 6.07) is 16.1. The molecule has 154 valence electrons.